The van der Waals surface area contributed by atoms with Gasteiger partial charge in [-0.25, -0.2) is 4.98 Å². The second kappa shape index (κ2) is 5.21. The predicted molar refractivity (Wildman–Crippen MR) is 87.3 cm³/mol. The van der Waals surface area contributed by atoms with Crippen LogP contribution in [0.4, 0.5) is 0 Å². The van der Waals surface area contributed by atoms with Crippen LogP contribution in [0.1, 0.15) is 16.9 Å². The summed E-state index contributed by atoms with van der Waals surface area (Å²) in [4.78, 5) is 22.1. The van der Waals surface area contributed by atoms with Gasteiger partial charge in [0.1, 0.15) is 11.2 Å². The molecule has 1 fully saturated rings. The zero-order valence-electron chi connectivity index (χ0n) is 12.2. The minimum atomic E-state index is 0.0562. The van der Waals surface area contributed by atoms with E-state index in [4.69, 9.17) is 0 Å². The molecule has 1 N–H and O–H groups in total. The molecule has 3 heterocycles. The highest BCUT2D eigenvalue weighted by Gasteiger charge is 2.34. The Bertz CT molecular complexity index is 804. The largest absolute Gasteiger partial charge is 0.352 e. The van der Waals surface area contributed by atoms with E-state index in [-0.39, 0.29) is 11.3 Å². The van der Waals surface area contributed by atoms with E-state index in [9.17, 15) is 4.79 Å². The van der Waals surface area contributed by atoms with Gasteiger partial charge in [-0.1, -0.05) is 12.1 Å². The Morgan fingerprint density at radius 2 is 2.18 bits per heavy atom. The number of carbonyl (C=O) groups excluding carboxylic acids is 1. The van der Waals surface area contributed by atoms with Gasteiger partial charge in [0.05, 0.1) is 29.0 Å². The molecule has 1 aliphatic heterocycles. The van der Waals surface area contributed by atoms with Gasteiger partial charge in [-0.3, -0.25) is 4.79 Å². The van der Waals surface area contributed by atoms with Crippen LogP contribution in [0.2, 0.25) is 0 Å². The lowest BCUT2D eigenvalue weighted by Crippen LogP contribution is -2.29. The fourth-order valence-corrected chi connectivity index (χ4v) is 4.10. The van der Waals surface area contributed by atoms with Crippen LogP contribution in [0.3, 0.4) is 0 Å². The smallest absolute Gasteiger partial charge is 0.234 e. The summed E-state index contributed by atoms with van der Waals surface area (Å²) in [5.41, 5.74) is 3.09. The average molecular weight is 312 g/mol. The lowest BCUT2D eigenvalue weighted by atomic mass is 10.3. The Morgan fingerprint density at radius 3 is 2.95 bits per heavy atom. The van der Waals surface area contributed by atoms with Crippen LogP contribution in [0, 0.1) is 0 Å². The Labute approximate surface area is 132 Å². The number of imidazole rings is 1. The van der Waals surface area contributed by atoms with E-state index in [1.165, 1.54) is 0 Å². The topological polar surface area (TPSA) is 53.9 Å². The molecular formula is C16H16N4OS. The molecule has 112 valence electrons. The molecule has 1 amide bonds. The van der Waals surface area contributed by atoms with Crippen LogP contribution in [0.15, 0.2) is 42.6 Å². The summed E-state index contributed by atoms with van der Waals surface area (Å²) in [7, 11) is 2.01. The highest BCUT2D eigenvalue weighted by molar-refractivity contribution is 8.00. The van der Waals surface area contributed by atoms with Crippen LogP contribution in [-0.2, 0) is 18.4 Å². The second-order valence-corrected chi connectivity index (χ2v) is 6.50. The lowest BCUT2D eigenvalue weighted by Gasteiger charge is -2.23. The van der Waals surface area contributed by atoms with Crippen molar-refractivity contribution >= 4 is 28.7 Å². The van der Waals surface area contributed by atoms with E-state index in [0.717, 1.165) is 22.6 Å². The van der Waals surface area contributed by atoms with Gasteiger partial charge in [-0.05, 0) is 24.3 Å². The number of amides is 1. The molecule has 3 aromatic rings. The maximum Gasteiger partial charge on any atom is 0.234 e. The number of nitrogens with one attached hydrogen (secondary N) is 1. The molecular weight excluding hydrogens is 296 g/mol. The highest BCUT2D eigenvalue weighted by Crippen LogP contribution is 2.39. The zero-order chi connectivity index (χ0) is 15.1. The summed E-state index contributed by atoms with van der Waals surface area (Å²) in [6.07, 6.45) is 2.01. The number of thioether (sulfide) groups is 1. The van der Waals surface area contributed by atoms with Gasteiger partial charge in [-0.15, -0.1) is 11.8 Å². The SMILES string of the molecule is Cn1cccc1C1SCC(=O)N1Cc1nc2ccccc2[nH]1. The molecule has 1 unspecified atom stereocenters. The van der Waals surface area contributed by atoms with Crippen molar-refractivity contribution in [1.29, 1.82) is 0 Å². The molecule has 1 aliphatic rings. The fourth-order valence-electron chi connectivity index (χ4n) is 2.84. The summed E-state index contributed by atoms with van der Waals surface area (Å²) in [5.74, 6) is 1.52. The van der Waals surface area contributed by atoms with Gasteiger partial charge >= 0.3 is 0 Å². The van der Waals surface area contributed by atoms with E-state index in [1.807, 2.05) is 48.5 Å². The highest BCUT2D eigenvalue weighted by atomic mass is 32.2. The Balaban J connectivity index is 1.64. The third kappa shape index (κ3) is 2.20. The molecule has 0 aliphatic carbocycles. The van der Waals surface area contributed by atoms with E-state index < -0.39 is 0 Å². The Kier molecular flexibility index (Phi) is 3.18. The number of aryl methyl sites for hydroxylation is 1. The maximum atomic E-state index is 12.3. The van der Waals surface area contributed by atoms with E-state index in [0.29, 0.717) is 12.3 Å². The molecule has 5 nitrogen and oxygen atoms in total. The minimum absolute atomic E-state index is 0.0562. The van der Waals surface area contributed by atoms with E-state index in [1.54, 1.807) is 11.8 Å². The fraction of sp³-hybridized carbons (Fsp3) is 0.250. The van der Waals surface area contributed by atoms with Gasteiger partial charge in [0.25, 0.3) is 0 Å². The number of fused-ring (bicyclic) bond motifs is 1. The van der Waals surface area contributed by atoms with Crippen LogP contribution < -0.4 is 0 Å². The third-order valence-electron chi connectivity index (χ3n) is 3.96. The van der Waals surface area contributed by atoms with Gasteiger partial charge in [0.2, 0.25) is 5.91 Å². The number of carbonyl (C=O) groups is 1. The molecule has 0 saturated carbocycles. The van der Waals surface area contributed by atoms with Gasteiger partial charge in [-0.2, -0.15) is 0 Å². The Hall–Kier alpha value is -2.21. The number of aromatic nitrogens is 3. The van der Waals surface area contributed by atoms with Crippen LogP contribution in [-0.4, -0.2) is 31.1 Å². The van der Waals surface area contributed by atoms with Crippen LogP contribution in [0.25, 0.3) is 11.0 Å². The predicted octanol–water partition coefficient (Wildman–Crippen LogP) is 2.68. The molecule has 22 heavy (non-hydrogen) atoms. The summed E-state index contributed by atoms with van der Waals surface area (Å²) >= 11 is 1.67. The third-order valence-corrected chi connectivity index (χ3v) is 5.19. The van der Waals surface area contributed by atoms with Gasteiger partial charge < -0.3 is 14.5 Å². The van der Waals surface area contributed by atoms with Crippen LogP contribution >= 0.6 is 11.8 Å². The Morgan fingerprint density at radius 1 is 1.32 bits per heavy atom. The molecule has 1 saturated heterocycles. The molecule has 4 rings (SSSR count). The van der Waals surface area contributed by atoms with E-state index in [2.05, 4.69) is 20.6 Å². The summed E-state index contributed by atoms with van der Waals surface area (Å²) in [6, 6.07) is 12.0. The van der Waals surface area contributed by atoms with Gasteiger partial charge in [0, 0.05) is 13.2 Å². The molecule has 2 aromatic heterocycles. The standard InChI is InChI=1S/C16H16N4OS/c1-19-8-4-7-13(19)16-20(15(21)10-22-16)9-14-17-11-5-2-3-6-12(11)18-14/h2-8,16H,9-10H2,1H3,(H,17,18). The number of H-pyrrole nitrogens is 1. The summed E-state index contributed by atoms with van der Waals surface area (Å²) in [6.45, 7) is 0.510. The van der Waals surface area contributed by atoms with Crippen molar-refractivity contribution in [3.05, 3.63) is 54.1 Å². The van der Waals surface area contributed by atoms with Crippen molar-refractivity contribution in [3.8, 4) is 0 Å². The number of benzene rings is 1. The molecule has 0 radical (unpaired) electrons. The number of hydrogen-bond donors (Lipinski definition) is 1. The van der Waals surface area contributed by atoms with E-state index >= 15 is 0 Å². The first kappa shape index (κ1) is 13.5. The molecule has 1 aromatic carbocycles. The average Bonchev–Trinajstić information content (AvgIpc) is 3.19. The molecule has 6 heteroatoms. The first-order valence-electron chi connectivity index (χ1n) is 7.18. The number of hydrogen-bond acceptors (Lipinski definition) is 3. The first-order chi connectivity index (χ1) is 10.7. The quantitative estimate of drug-likeness (QED) is 0.809. The van der Waals surface area contributed by atoms with Crippen molar-refractivity contribution < 1.29 is 4.79 Å². The lowest BCUT2D eigenvalue weighted by molar-refractivity contribution is -0.128. The van der Waals surface area contributed by atoms with Crippen LogP contribution in [0.5, 0.6) is 0 Å². The second-order valence-electron chi connectivity index (χ2n) is 5.43. The van der Waals surface area contributed by atoms with Crippen molar-refractivity contribution in [1.82, 2.24) is 19.4 Å². The van der Waals surface area contributed by atoms with Crippen molar-refractivity contribution in [2.75, 3.05) is 5.75 Å². The summed E-state index contributed by atoms with van der Waals surface area (Å²) in [5, 5.41) is 0.0562. The monoisotopic (exact) mass is 312 g/mol. The van der Waals surface area contributed by atoms with Gasteiger partial charge in [0.15, 0.2) is 0 Å². The number of aromatic amines is 1. The molecule has 0 bridgehead atoms. The van der Waals surface area contributed by atoms with Crippen molar-refractivity contribution in [3.63, 3.8) is 0 Å². The zero-order valence-corrected chi connectivity index (χ0v) is 13.0. The normalized spacial score (nSPS) is 18.5. The first-order valence-corrected chi connectivity index (χ1v) is 8.23. The van der Waals surface area contributed by atoms with Crippen molar-refractivity contribution in [2.24, 2.45) is 7.05 Å². The number of para-hydroxylation sites is 2. The number of nitrogens with zero attached hydrogens (tertiary/aromatic N) is 3. The number of rotatable bonds is 3. The van der Waals surface area contributed by atoms with Crippen molar-refractivity contribution in [2.45, 2.75) is 11.9 Å². The minimum Gasteiger partial charge on any atom is -0.352 e. The molecule has 1 atom stereocenters. The molecule has 0 spiro atoms. The summed E-state index contributed by atoms with van der Waals surface area (Å²) < 4.78 is 2.07. The maximum absolute atomic E-state index is 12.3.